The summed E-state index contributed by atoms with van der Waals surface area (Å²) in [6.45, 7) is 3.01. The van der Waals surface area contributed by atoms with Crippen molar-refractivity contribution in [2.24, 2.45) is 0 Å². The van der Waals surface area contributed by atoms with Crippen LogP contribution in [0.3, 0.4) is 0 Å². The number of hydrogen-bond donors (Lipinski definition) is 2. The van der Waals surface area contributed by atoms with Crippen molar-refractivity contribution in [3.05, 3.63) is 35.4 Å². The summed E-state index contributed by atoms with van der Waals surface area (Å²) in [6.07, 6.45) is 2.15. The molecule has 0 heterocycles. The Morgan fingerprint density at radius 3 is 3.05 bits per heavy atom. The Bertz CT molecular complexity index is 434. The zero-order valence-corrected chi connectivity index (χ0v) is 11.6. The molecule has 0 aromatic heterocycles. The van der Waals surface area contributed by atoms with Crippen LogP contribution < -0.4 is 10.6 Å². The molecule has 2 unspecified atom stereocenters. The van der Waals surface area contributed by atoms with Gasteiger partial charge in [-0.2, -0.15) is 0 Å². The second kappa shape index (κ2) is 6.68. The van der Waals surface area contributed by atoms with Gasteiger partial charge >= 0.3 is 0 Å². The van der Waals surface area contributed by atoms with E-state index in [1.807, 2.05) is 6.92 Å². The van der Waals surface area contributed by atoms with E-state index >= 15 is 0 Å². The third-order valence-electron chi connectivity index (χ3n) is 3.58. The minimum atomic E-state index is -0.187. The number of benzene rings is 1. The van der Waals surface area contributed by atoms with E-state index in [-0.39, 0.29) is 11.9 Å². The van der Waals surface area contributed by atoms with E-state index < -0.39 is 0 Å². The second-order valence-corrected chi connectivity index (χ2v) is 4.96. The zero-order valence-electron chi connectivity index (χ0n) is 11.6. The van der Waals surface area contributed by atoms with E-state index in [0.717, 1.165) is 12.8 Å². The number of amides is 1. The quantitative estimate of drug-likeness (QED) is 0.762. The minimum absolute atomic E-state index is 0.0291. The lowest BCUT2D eigenvalue weighted by molar-refractivity contribution is -0.123. The van der Waals surface area contributed by atoms with E-state index in [2.05, 4.69) is 34.9 Å². The molecule has 0 aliphatic heterocycles. The van der Waals surface area contributed by atoms with Gasteiger partial charge in [0.25, 0.3) is 0 Å². The zero-order chi connectivity index (χ0) is 13.7. The smallest absolute Gasteiger partial charge is 0.236 e. The summed E-state index contributed by atoms with van der Waals surface area (Å²) in [4.78, 5) is 11.9. The fourth-order valence-corrected chi connectivity index (χ4v) is 2.54. The Morgan fingerprint density at radius 1 is 1.47 bits per heavy atom. The maximum atomic E-state index is 11.9. The van der Waals surface area contributed by atoms with E-state index in [4.69, 9.17) is 4.74 Å². The number of carbonyl (C=O) groups excluding carboxylic acids is 1. The molecule has 2 atom stereocenters. The third kappa shape index (κ3) is 3.55. The molecule has 0 saturated heterocycles. The molecular formula is C15H22N2O2. The predicted octanol–water partition coefficient (Wildman–Crippen LogP) is 1.41. The molecule has 1 amide bonds. The molecule has 2 N–H and O–H groups in total. The van der Waals surface area contributed by atoms with Crippen molar-refractivity contribution in [3.63, 3.8) is 0 Å². The van der Waals surface area contributed by atoms with Gasteiger partial charge in [0.2, 0.25) is 5.91 Å². The molecule has 1 aliphatic rings. The summed E-state index contributed by atoms with van der Waals surface area (Å²) in [7, 11) is 1.63. The first kappa shape index (κ1) is 14.0. The number of rotatable bonds is 6. The number of aryl methyl sites for hydroxylation is 1. The van der Waals surface area contributed by atoms with Gasteiger partial charge in [-0.3, -0.25) is 10.1 Å². The second-order valence-electron chi connectivity index (χ2n) is 4.96. The van der Waals surface area contributed by atoms with E-state index in [1.165, 1.54) is 11.1 Å². The highest BCUT2D eigenvalue weighted by atomic mass is 16.5. The van der Waals surface area contributed by atoms with Gasteiger partial charge in [0.05, 0.1) is 12.6 Å². The number of nitrogens with one attached hydrogen (secondary N) is 2. The molecule has 4 heteroatoms. The van der Waals surface area contributed by atoms with Gasteiger partial charge < -0.3 is 10.1 Å². The van der Waals surface area contributed by atoms with Gasteiger partial charge in [0, 0.05) is 19.7 Å². The van der Waals surface area contributed by atoms with Crippen LogP contribution in [0, 0.1) is 0 Å². The average molecular weight is 262 g/mol. The number of carbonyl (C=O) groups is 1. The van der Waals surface area contributed by atoms with E-state index in [9.17, 15) is 4.79 Å². The van der Waals surface area contributed by atoms with Gasteiger partial charge in [-0.15, -0.1) is 0 Å². The Morgan fingerprint density at radius 2 is 2.26 bits per heavy atom. The first-order valence-corrected chi connectivity index (χ1v) is 6.83. The largest absolute Gasteiger partial charge is 0.383 e. The van der Waals surface area contributed by atoms with Crippen molar-refractivity contribution in [1.29, 1.82) is 0 Å². The van der Waals surface area contributed by atoms with Gasteiger partial charge in [-0.25, -0.2) is 0 Å². The van der Waals surface area contributed by atoms with Gasteiger partial charge in [0.15, 0.2) is 0 Å². The van der Waals surface area contributed by atoms with Crippen LogP contribution in [0.2, 0.25) is 0 Å². The SMILES string of the molecule is COCCNC(=O)C(C)NC1CCc2ccccc21. The van der Waals surface area contributed by atoms with Crippen LogP contribution in [-0.4, -0.2) is 32.2 Å². The Hall–Kier alpha value is -1.39. The van der Waals surface area contributed by atoms with Crippen molar-refractivity contribution in [2.75, 3.05) is 20.3 Å². The van der Waals surface area contributed by atoms with Crippen molar-refractivity contribution >= 4 is 5.91 Å². The van der Waals surface area contributed by atoms with Crippen molar-refractivity contribution in [2.45, 2.75) is 31.8 Å². The molecule has 2 rings (SSSR count). The van der Waals surface area contributed by atoms with Crippen LogP contribution >= 0.6 is 0 Å². The summed E-state index contributed by atoms with van der Waals surface area (Å²) < 4.78 is 4.92. The number of ether oxygens (including phenoxy) is 1. The Balaban J connectivity index is 1.86. The van der Waals surface area contributed by atoms with Crippen LogP contribution in [0.4, 0.5) is 0 Å². The van der Waals surface area contributed by atoms with E-state index in [1.54, 1.807) is 7.11 Å². The molecule has 104 valence electrons. The van der Waals surface area contributed by atoms with Crippen molar-refractivity contribution in [3.8, 4) is 0 Å². The summed E-state index contributed by atoms with van der Waals surface area (Å²) in [5, 5.41) is 6.26. The number of hydrogen-bond acceptors (Lipinski definition) is 3. The maximum absolute atomic E-state index is 11.9. The van der Waals surface area contributed by atoms with Crippen LogP contribution in [-0.2, 0) is 16.0 Å². The Kier molecular flexibility index (Phi) is 4.93. The fraction of sp³-hybridized carbons (Fsp3) is 0.533. The number of fused-ring (bicyclic) bond motifs is 1. The Labute approximate surface area is 114 Å². The first-order valence-electron chi connectivity index (χ1n) is 6.83. The van der Waals surface area contributed by atoms with Gasteiger partial charge in [-0.1, -0.05) is 24.3 Å². The third-order valence-corrected chi connectivity index (χ3v) is 3.58. The maximum Gasteiger partial charge on any atom is 0.236 e. The van der Waals surface area contributed by atoms with Crippen molar-refractivity contribution in [1.82, 2.24) is 10.6 Å². The molecule has 4 nitrogen and oxygen atoms in total. The monoisotopic (exact) mass is 262 g/mol. The molecule has 1 aromatic carbocycles. The molecule has 0 spiro atoms. The van der Waals surface area contributed by atoms with E-state index in [0.29, 0.717) is 19.2 Å². The van der Waals surface area contributed by atoms with Crippen LogP contribution in [0.15, 0.2) is 24.3 Å². The normalized spacial score (nSPS) is 18.9. The van der Waals surface area contributed by atoms with Gasteiger partial charge in [0.1, 0.15) is 0 Å². The average Bonchev–Trinajstić information content (AvgIpc) is 2.82. The first-order chi connectivity index (χ1) is 9.22. The summed E-state index contributed by atoms with van der Waals surface area (Å²) in [5.74, 6) is 0.0291. The lowest BCUT2D eigenvalue weighted by Gasteiger charge is -2.20. The van der Waals surface area contributed by atoms with Crippen LogP contribution in [0.5, 0.6) is 0 Å². The highest BCUT2D eigenvalue weighted by molar-refractivity contribution is 5.81. The van der Waals surface area contributed by atoms with Gasteiger partial charge in [-0.05, 0) is 30.9 Å². The molecule has 0 saturated carbocycles. The molecule has 0 bridgehead atoms. The van der Waals surface area contributed by atoms with Crippen molar-refractivity contribution < 1.29 is 9.53 Å². The topological polar surface area (TPSA) is 50.4 Å². The lowest BCUT2D eigenvalue weighted by Crippen LogP contribution is -2.44. The highest BCUT2D eigenvalue weighted by Gasteiger charge is 2.24. The molecule has 1 aliphatic carbocycles. The molecule has 1 aromatic rings. The summed E-state index contributed by atoms with van der Waals surface area (Å²) in [6, 6.07) is 8.55. The lowest BCUT2D eigenvalue weighted by atomic mass is 10.1. The fourth-order valence-electron chi connectivity index (χ4n) is 2.54. The van der Waals surface area contributed by atoms with Crippen LogP contribution in [0.1, 0.15) is 30.5 Å². The summed E-state index contributed by atoms with van der Waals surface area (Å²) in [5.41, 5.74) is 2.73. The number of methoxy groups -OCH3 is 1. The molecular weight excluding hydrogens is 240 g/mol. The highest BCUT2D eigenvalue weighted by Crippen LogP contribution is 2.30. The molecule has 0 radical (unpaired) electrons. The molecule has 0 fully saturated rings. The standard InChI is InChI=1S/C15H22N2O2/c1-11(15(18)16-9-10-19-2)17-14-8-7-12-5-3-4-6-13(12)14/h3-6,11,14,17H,7-10H2,1-2H3,(H,16,18). The minimum Gasteiger partial charge on any atom is -0.383 e. The van der Waals surface area contributed by atoms with Crippen LogP contribution in [0.25, 0.3) is 0 Å². The summed E-state index contributed by atoms with van der Waals surface area (Å²) >= 11 is 0. The predicted molar refractivity (Wildman–Crippen MR) is 75.0 cm³/mol. The molecule has 19 heavy (non-hydrogen) atoms.